The van der Waals surface area contributed by atoms with Crippen molar-refractivity contribution in [1.29, 1.82) is 0 Å². The van der Waals surface area contributed by atoms with Gasteiger partial charge in [0.1, 0.15) is 11.3 Å². The van der Waals surface area contributed by atoms with Gasteiger partial charge in [-0.25, -0.2) is 4.98 Å². The van der Waals surface area contributed by atoms with Crippen molar-refractivity contribution in [3.05, 3.63) is 58.8 Å². The number of imidazole rings is 1. The van der Waals surface area contributed by atoms with Crippen LogP contribution >= 0.6 is 0 Å². The van der Waals surface area contributed by atoms with Crippen molar-refractivity contribution >= 4 is 17.3 Å². The van der Waals surface area contributed by atoms with Gasteiger partial charge in [-0.15, -0.1) is 0 Å². The third kappa shape index (κ3) is 2.95. The van der Waals surface area contributed by atoms with Crippen LogP contribution in [-0.4, -0.2) is 32.6 Å². The van der Waals surface area contributed by atoms with Crippen LogP contribution < -0.4 is 5.32 Å². The monoisotopic (exact) mass is 324 g/mol. The number of Topliss-reactive ketones (excluding diaryl/α,β-unsaturated/α-hetero) is 1. The van der Waals surface area contributed by atoms with Crippen molar-refractivity contribution < 1.29 is 9.59 Å². The van der Waals surface area contributed by atoms with Crippen LogP contribution in [0.2, 0.25) is 0 Å². The number of hydrogen-bond donors (Lipinski definition) is 2. The lowest BCUT2D eigenvalue weighted by Gasteiger charge is -2.03. The highest BCUT2D eigenvalue weighted by molar-refractivity contribution is 6.02. The number of aryl methyl sites for hydroxylation is 1. The van der Waals surface area contributed by atoms with Gasteiger partial charge in [0.15, 0.2) is 5.78 Å². The number of carbonyl (C=O) groups excluding carboxylic acids is 2. The number of ketones is 1. The Labute approximate surface area is 139 Å². The fourth-order valence-electron chi connectivity index (χ4n) is 3.01. The summed E-state index contributed by atoms with van der Waals surface area (Å²) in [5, 5.41) is 2.88. The third-order valence-electron chi connectivity index (χ3n) is 4.10. The molecule has 0 radical (unpaired) electrons. The fraction of sp³-hybridized carbons (Fsp3) is 0.278. The van der Waals surface area contributed by atoms with Crippen LogP contribution in [0.25, 0.3) is 5.65 Å². The Kier molecular flexibility index (Phi) is 4.20. The van der Waals surface area contributed by atoms with Gasteiger partial charge in [-0.1, -0.05) is 6.07 Å². The first-order valence-corrected chi connectivity index (χ1v) is 7.88. The molecular weight excluding hydrogens is 304 g/mol. The SMILES string of the molecule is CC(=O)c1c(C)[nH]c(C(=O)NCCc2cn3ccccc3n2)c1C. The molecule has 0 unspecified atom stereocenters. The van der Waals surface area contributed by atoms with E-state index in [1.54, 1.807) is 13.8 Å². The van der Waals surface area contributed by atoms with E-state index in [4.69, 9.17) is 0 Å². The first-order valence-electron chi connectivity index (χ1n) is 7.88. The quantitative estimate of drug-likeness (QED) is 0.708. The van der Waals surface area contributed by atoms with Gasteiger partial charge < -0.3 is 14.7 Å². The van der Waals surface area contributed by atoms with E-state index in [2.05, 4.69) is 15.3 Å². The normalized spacial score (nSPS) is 11.0. The summed E-state index contributed by atoms with van der Waals surface area (Å²) in [7, 11) is 0. The first-order chi connectivity index (χ1) is 11.5. The van der Waals surface area contributed by atoms with Crippen molar-refractivity contribution in [2.75, 3.05) is 6.54 Å². The van der Waals surface area contributed by atoms with E-state index in [-0.39, 0.29) is 11.7 Å². The number of carbonyl (C=O) groups is 2. The molecule has 1 amide bonds. The Hall–Kier alpha value is -2.89. The topological polar surface area (TPSA) is 79.3 Å². The average molecular weight is 324 g/mol. The van der Waals surface area contributed by atoms with Crippen molar-refractivity contribution in [3.63, 3.8) is 0 Å². The van der Waals surface area contributed by atoms with Gasteiger partial charge in [0, 0.05) is 36.6 Å². The van der Waals surface area contributed by atoms with Crippen LogP contribution in [0.15, 0.2) is 30.6 Å². The Morgan fingerprint density at radius 2 is 2.08 bits per heavy atom. The number of rotatable bonds is 5. The number of aromatic amines is 1. The van der Waals surface area contributed by atoms with Gasteiger partial charge in [-0.3, -0.25) is 9.59 Å². The zero-order valence-electron chi connectivity index (χ0n) is 14.0. The smallest absolute Gasteiger partial charge is 0.268 e. The van der Waals surface area contributed by atoms with Crippen LogP contribution in [0.1, 0.15) is 44.7 Å². The second-order valence-corrected chi connectivity index (χ2v) is 5.89. The largest absolute Gasteiger partial charge is 0.354 e. The second-order valence-electron chi connectivity index (χ2n) is 5.89. The van der Waals surface area contributed by atoms with E-state index in [1.807, 2.05) is 35.0 Å². The highest BCUT2D eigenvalue weighted by Gasteiger charge is 2.19. The Bertz CT molecular complexity index is 887. The first kappa shape index (κ1) is 16.0. The number of amides is 1. The molecule has 0 atom stereocenters. The summed E-state index contributed by atoms with van der Waals surface area (Å²) in [6.45, 7) is 5.58. The van der Waals surface area contributed by atoms with Crippen molar-refractivity contribution in [3.8, 4) is 0 Å². The van der Waals surface area contributed by atoms with E-state index < -0.39 is 0 Å². The molecule has 2 N–H and O–H groups in total. The standard InChI is InChI=1S/C18H20N4O2/c1-11-16(13(3)23)12(2)20-17(11)18(24)19-8-7-14-10-22-9-5-4-6-15(22)21-14/h4-6,9-10,20H,7-8H2,1-3H3,(H,19,24). The van der Waals surface area contributed by atoms with Crippen molar-refractivity contribution in [2.45, 2.75) is 27.2 Å². The zero-order valence-corrected chi connectivity index (χ0v) is 14.0. The third-order valence-corrected chi connectivity index (χ3v) is 4.10. The molecule has 3 aromatic rings. The van der Waals surface area contributed by atoms with Crippen LogP contribution in [-0.2, 0) is 6.42 Å². The molecule has 0 aliphatic rings. The number of pyridine rings is 1. The molecule has 24 heavy (non-hydrogen) atoms. The lowest BCUT2D eigenvalue weighted by Crippen LogP contribution is -2.26. The number of nitrogens with zero attached hydrogens (tertiary/aromatic N) is 2. The Balaban J connectivity index is 1.65. The Morgan fingerprint density at radius 1 is 1.29 bits per heavy atom. The van der Waals surface area contributed by atoms with Crippen LogP contribution in [0.3, 0.4) is 0 Å². The van der Waals surface area contributed by atoms with Crippen molar-refractivity contribution in [1.82, 2.24) is 19.7 Å². The molecule has 0 fully saturated rings. The lowest BCUT2D eigenvalue weighted by atomic mass is 10.1. The fourth-order valence-corrected chi connectivity index (χ4v) is 3.01. The molecule has 0 bridgehead atoms. The molecule has 3 aromatic heterocycles. The molecule has 0 aliphatic carbocycles. The minimum atomic E-state index is -0.202. The average Bonchev–Trinajstić information content (AvgIpc) is 3.07. The molecule has 3 heterocycles. The van der Waals surface area contributed by atoms with Crippen molar-refractivity contribution in [2.24, 2.45) is 0 Å². The summed E-state index contributed by atoms with van der Waals surface area (Å²) in [5.41, 5.74) is 4.29. The highest BCUT2D eigenvalue weighted by atomic mass is 16.2. The maximum Gasteiger partial charge on any atom is 0.268 e. The van der Waals surface area contributed by atoms with Gasteiger partial charge in [0.2, 0.25) is 0 Å². The summed E-state index contributed by atoms with van der Waals surface area (Å²) in [6, 6.07) is 5.83. The number of hydrogen-bond acceptors (Lipinski definition) is 3. The number of aromatic nitrogens is 3. The maximum atomic E-state index is 12.3. The van der Waals surface area contributed by atoms with Gasteiger partial charge in [0.25, 0.3) is 5.91 Å². The lowest BCUT2D eigenvalue weighted by molar-refractivity contribution is 0.0948. The molecular formula is C18H20N4O2. The van der Waals surface area contributed by atoms with Crippen LogP contribution in [0.4, 0.5) is 0 Å². The van der Waals surface area contributed by atoms with E-state index >= 15 is 0 Å². The van der Waals surface area contributed by atoms with Gasteiger partial charge in [-0.05, 0) is 38.5 Å². The van der Waals surface area contributed by atoms with E-state index in [9.17, 15) is 9.59 Å². The predicted octanol–water partition coefficient (Wildman–Crippen LogP) is 2.45. The van der Waals surface area contributed by atoms with Gasteiger partial charge >= 0.3 is 0 Å². The van der Waals surface area contributed by atoms with Crippen LogP contribution in [0, 0.1) is 13.8 Å². The summed E-state index contributed by atoms with van der Waals surface area (Å²) in [5.74, 6) is -0.239. The Morgan fingerprint density at radius 3 is 2.75 bits per heavy atom. The molecule has 0 spiro atoms. The predicted molar refractivity (Wildman–Crippen MR) is 91.5 cm³/mol. The molecule has 124 valence electrons. The van der Waals surface area contributed by atoms with E-state index in [0.29, 0.717) is 29.8 Å². The summed E-state index contributed by atoms with van der Waals surface area (Å²) in [4.78, 5) is 31.5. The summed E-state index contributed by atoms with van der Waals surface area (Å²) in [6.07, 6.45) is 4.55. The van der Waals surface area contributed by atoms with Gasteiger partial charge in [-0.2, -0.15) is 0 Å². The molecule has 3 rings (SSSR count). The number of nitrogens with one attached hydrogen (secondary N) is 2. The second kappa shape index (κ2) is 6.31. The molecule has 6 heteroatoms. The van der Waals surface area contributed by atoms with E-state index in [0.717, 1.165) is 17.0 Å². The minimum absolute atomic E-state index is 0.0370. The molecule has 0 saturated heterocycles. The maximum absolute atomic E-state index is 12.3. The van der Waals surface area contributed by atoms with E-state index in [1.165, 1.54) is 6.92 Å². The molecule has 0 aliphatic heterocycles. The molecule has 6 nitrogen and oxygen atoms in total. The number of fused-ring (bicyclic) bond motifs is 1. The van der Waals surface area contributed by atoms with Crippen LogP contribution in [0.5, 0.6) is 0 Å². The zero-order chi connectivity index (χ0) is 17.3. The minimum Gasteiger partial charge on any atom is -0.354 e. The molecule has 0 aromatic carbocycles. The highest BCUT2D eigenvalue weighted by Crippen LogP contribution is 2.18. The summed E-state index contributed by atoms with van der Waals surface area (Å²) < 4.78 is 1.95. The summed E-state index contributed by atoms with van der Waals surface area (Å²) >= 11 is 0. The molecule has 0 saturated carbocycles. The number of H-pyrrole nitrogens is 1. The van der Waals surface area contributed by atoms with Gasteiger partial charge in [0.05, 0.1) is 5.69 Å².